The van der Waals surface area contributed by atoms with Gasteiger partial charge in [-0.3, -0.25) is 9.78 Å². The van der Waals surface area contributed by atoms with Crippen molar-refractivity contribution in [3.63, 3.8) is 0 Å². The van der Waals surface area contributed by atoms with E-state index in [0.29, 0.717) is 18.0 Å². The molecule has 0 radical (unpaired) electrons. The minimum absolute atomic E-state index is 0.0944. The first-order chi connectivity index (χ1) is 19.8. The Balaban J connectivity index is 1.70. The number of alkyl halides is 3. The molecule has 0 saturated heterocycles. The molecule has 3 heterocycles. The Hall–Kier alpha value is -4.85. The van der Waals surface area contributed by atoms with Crippen LogP contribution in [0.25, 0.3) is 0 Å². The molecule has 0 saturated carbocycles. The molecule has 1 amide bonds. The molecular weight excluding hydrogens is 584 g/mol. The highest BCUT2D eigenvalue weighted by Crippen LogP contribution is 2.39. The highest BCUT2D eigenvalue weighted by atomic mass is 35.5. The Labute approximate surface area is 241 Å². The molecule has 0 aliphatic carbocycles. The number of nitrogens with one attached hydrogen (secondary N) is 1. The summed E-state index contributed by atoms with van der Waals surface area (Å²) in [4.78, 5) is 41.8. The predicted octanol–water partition coefficient (Wildman–Crippen LogP) is 6.24. The molecule has 0 aliphatic rings. The Morgan fingerprint density at radius 2 is 1.83 bits per heavy atom. The zero-order chi connectivity index (χ0) is 30.6. The SMILES string of the molecule is CC(C)N(C(=O)c1ccc(Cl)cn1)c1cc(F)c(Oc2ncc(CNc3cnccn3)cc2C(F)(F)F)cc1C(=O)O. The number of ether oxygens (including phenoxy) is 1. The van der Waals surface area contributed by atoms with Crippen LogP contribution in [-0.2, 0) is 12.7 Å². The van der Waals surface area contributed by atoms with Crippen LogP contribution in [0.2, 0.25) is 5.02 Å². The fourth-order valence-corrected chi connectivity index (χ4v) is 3.92. The number of carboxylic acids is 1. The summed E-state index contributed by atoms with van der Waals surface area (Å²) in [5.74, 6) is -5.12. The molecule has 4 aromatic rings. The van der Waals surface area contributed by atoms with Crippen LogP contribution in [0.5, 0.6) is 11.6 Å². The van der Waals surface area contributed by atoms with E-state index in [1.54, 1.807) is 13.8 Å². The van der Waals surface area contributed by atoms with Gasteiger partial charge in [0.05, 0.1) is 22.5 Å². The number of hydrogen-bond acceptors (Lipinski definition) is 8. The van der Waals surface area contributed by atoms with E-state index in [9.17, 15) is 27.9 Å². The Morgan fingerprint density at radius 1 is 1.07 bits per heavy atom. The summed E-state index contributed by atoms with van der Waals surface area (Å²) >= 11 is 5.82. The van der Waals surface area contributed by atoms with Gasteiger partial charge in [-0.2, -0.15) is 13.2 Å². The Bertz CT molecular complexity index is 1610. The summed E-state index contributed by atoms with van der Waals surface area (Å²) in [6.07, 6.45) is 1.54. The Kier molecular flexibility index (Phi) is 8.85. The lowest BCUT2D eigenvalue weighted by Crippen LogP contribution is -2.38. The number of hydrogen-bond donors (Lipinski definition) is 2. The van der Waals surface area contributed by atoms with Gasteiger partial charge in [-0.15, -0.1) is 0 Å². The van der Waals surface area contributed by atoms with Gasteiger partial charge in [-0.25, -0.2) is 24.1 Å². The molecule has 10 nitrogen and oxygen atoms in total. The lowest BCUT2D eigenvalue weighted by molar-refractivity contribution is -0.139. The number of pyridine rings is 2. The highest BCUT2D eigenvalue weighted by Gasteiger charge is 2.36. The lowest BCUT2D eigenvalue weighted by Gasteiger charge is -2.28. The lowest BCUT2D eigenvalue weighted by atomic mass is 10.1. The van der Waals surface area contributed by atoms with Crippen molar-refractivity contribution in [2.75, 3.05) is 10.2 Å². The maximum absolute atomic E-state index is 15.3. The molecule has 0 bridgehead atoms. The van der Waals surface area contributed by atoms with Crippen molar-refractivity contribution in [1.82, 2.24) is 19.9 Å². The van der Waals surface area contributed by atoms with E-state index in [1.165, 1.54) is 36.9 Å². The van der Waals surface area contributed by atoms with Gasteiger partial charge in [0.15, 0.2) is 11.6 Å². The number of carbonyl (C=O) groups is 2. The van der Waals surface area contributed by atoms with Gasteiger partial charge in [0.1, 0.15) is 17.1 Å². The number of carboxylic acid groups (broad SMARTS) is 1. The predicted molar refractivity (Wildman–Crippen MR) is 143 cm³/mol. The average Bonchev–Trinajstić information content (AvgIpc) is 2.93. The summed E-state index contributed by atoms with van der Waals surface area (Å²) in [6.45, 7) is 3.02. The van der Waals surface area contributed by atoms with E-state index >= 15 is 4.39 Å². The zero-order valence-electron chi connectivity index (χ0n) is 21.9. The number of aromatic carboxylic acids is 1. The van der Waals surface area contributed by atoms with Crippen LogP contribution in [0, 0.1) is 5.82 Å². The zero-order valence-corrected chi connectivity index (χ0v) is 22.6. The van der Waals surface area contributed by atoms with Crippen molar-refractivity contribution >= 4 is 35.0 Å². The minimum atomic E-state index is -4.95. The number of carbonyl (C=O) groups excluding carboxylic acids is 1. The van der Waals surface area contributed by atoms with Crippen LogP contribution in [0.15, 0.2) is 61.3 Å². The number of rotatable bonds is 9. The van der Waals surface area contributed by atoms with E-state index < -0.39 is 52.7 Å². The maximum atomic E-state index is 15.3. The van der Waals surface area contributed by atoms with Crippen molar-refractivity contribution in [3.05, 3.63) is 94.5 Å². The van der Waals surface area contributed by atoms with Crippen molar-refractivity contribution in [3.8, 4) is 11.6 Å². The third-order valence-electron chi connectivity index (χ3n) is 5.68. The van der Waals surface area contributed by atoms with Gasteiger partial charge >= 0.3 is 12.1 Å². The quantitative estimate of drug-likeness (QED) is 0.213. The van der Waals surface area contributed by atoms with Crippen LogP contribution in [0.3, 0.4) is 0 Å². The molecule has 0 fully saturated rings. The van der Waals surface area contributed by atoms with Gasteiger partial charge in [0.25, 0.3) is 5.91 Å². The fraction of sp³-hybridized carbons (Fsp3) is 0.185. The van der Waals surface area contributed by atoms with Crippen molar-refractivity contribution in [1.29, 1.82) is 0 Å². The summed E-state index contributed by atoms with van der Waals surface area (Å²) in [7, 11) is 0. The topological polar surface area (TPSA) is 130 Å². The number of halogens is 5. The number of benzene rings is 1. The van der Waals surface area contributed by atoms with Gasteiger partial charge < -0.3 is 20.1 Å². The van der Waals surface area contributed by atoms with Crippen LogP contribution in [0.1, 0.15) is 45.8 Å². The van der Waals surface area contributed by atoms with Crippen LogP contribution < -0.4 is 15.0 Å². The third-order valence-corrected chi connectivity index (χ3v) is 5.90. The second-order valence-electron chi connectivity index (χ2n) is 8.98. The van der Waals surface area contributed by atoms with E-state index in [4.69, 9.17) is 16.3 Å². The highest BCUT2D eigenvalue weighted by molar-refractivity contribution is 6.30. The smallest absolute Gasteiger partial charge is 0.421 e. The molecule has 218 valence electrons. The Morgan fingerprint density at radius 3 is 2.43 bits per heavy atom. The second kappa shape index (κ2) is 12.3. The summed E-state index contributed by atoms with van der Waals surface area (Å²) in [5.41, 5.74) is -2.30. The largest absolute Gasteiger partial charge is 0.478 e. The van der Waals surface area contributed by atoms with Crippen LogP contribution >= 0.6 is 11.6 Å². The molecular formula is C27H21ClF4N6O4. The van der Waals surface area contributed by atoms with E-state index in [0.717, 1.165) is 17.2 Å². The monoisotopic (exact) mass is 604 g/mol. The fourth-order valence-electron chi connectivity index (χ4n) is 3.80. The van der Waals surface area contributed by atoms with Crippen LogP contribution in [0.4, 0.5) is 29.1 Å². The number of aromatic nitrogens is 4. The third kappa shape index (κ3) is 6.89. The summed E-state index contributed by atoms with van der Waals surface area (Å²) < 4.78 is 62.3. The van der Waals surface area contributed by atoms with Gasteiger partial charge in [-0.05, 0) is 37.6 Å². The molecule has 2 N–H and O–H groups in total. The second-order valence-corrected chi connectivity index (χ2v) is 9.41. The molecule has 42 heavy (non-hydrogen) atoms. The average molecular weight is 605 g/mol. The minimum Gasteiger partial charge on any atom is -0.478 e. The van der Waals surface area contributed by atoms with Gasteiger partial charge in [0.2, 0.25) is 5.88 Å². The number of nitrogens with zero attached hydrogens (tertiary/aromatic N) is 5. The first-order valence-corrected chi connectivity index (χ1v) is 12.5. The van der Waals surface area contributed by atoms with Crippen molar-refractivity contribution in [2.45, 2.75) is 32.6 Å². The standard InChI is InChI=1S/C27H21ClF4N6O4/c1-14(2)38(25(39)20-4-3-16(28)12-35-20)21-9-19(29)22(8-17(21)26(40)41)42-24-18(27(30,31)32)7-15(11-37-24)10-36-23-13-33-5-6-34-23/h3-9,11-14H,10H2,1-2H3,(H,34,36)(H,40,41). The summed E-state index contributed by atoms with van der Waals surface area (Å²) in [6, 6.07) is 4.17. The molecule has 0 aliphatic heterocycles. The van der Waals surface area contributed by atoms with E-state index in [2.05, 4.69) is 25.3 Å². The first-order valence-electron chi connectivity index (χ1n) is 12.1. The van der Waals surface area contributed by atoms with E-state index in [-0.39, 0.29) is 28.5 Å². The normalized spacial score (nSPS) is 11.3. The molecule has 0 atom stereocenters. The van der Waals surface area contributed by atoms with Crippen molar-refractivity contribution < 1.29 is 37.0 Å². The number of amides is 1. The maximum Gasteiger partial charge on any atom is 0.421 e. The van der Waals surface area contributed by atoms with E-state index in [1.807, 2.05) is 0 Å². The number of anilines is 2. The molecule has 1 aromatic carbocycles. The summed E-state index contributed by atoms with van der Waals surface area (Å²) in [5, 5.41) is 12.9. The molecule has 4 rings (SSSR count). The molecule has 3 aromatic heterocycles. The molecule has 15 heteroatoms. The molecule has 0 unspecified atom stereocenters. The van der Waals surface area contributed by atoms with Crippen molar-refractivity contribution in [2.24, 2.45) is 0 Å². The molecule has 0 spiro atoms. The van der Waals surface area contributed by atoms with Gasteiger partial charge in [0, 0.05) is 49.5 Å². The first kappa shape index (κ1) is 30.1. The van der Waals surface area contributed by atoms with Gasteiger partial charge in [-0.1, -0.05) is 11.6 Å². The van der Waals surface area contributed by atoms with Crippen LogP contribution in [-0.4, -0.2) is 43.0 Å².